The van der Waals surface area contributed by atoms with Crippen molar-refractivity contribution in [3.8, 4) is 11.4 Å². The molecule has 11 heteroatoms. The van der Waals surface area contributed by atoms with Crippen molar-refractivity contribution in [2.45, 2.75) is 11.6 Å². The van der Waals surface area contributed by atoms with E-state index in [0.717, 1.165) is 5.69 Å². The molecular weight excluding hydrogens is 440 g/mol. The number of anilines is 2. The summed E-state index contributed by atoms with van der Waals surface area (Å²) in [7, 11) is 1.53. The smallest absolute Gasteiger partial charge is 0.229 e. The van der Waals surface area contributed by atoms with Crippen LogP contribution in [0.1, 0.15) is 6.42 Å². The number of amides is 2. The second-order valence-electron chi connectivity index (χ2n) is 6.84. The third-order valence-electron chi connectivity index (χ3n) is 4.91. The second-order valence-corrected chi connectivity index (χ2v) is 8.05. The van der Waals surface area contributed by atoms with E-state index in [-0.39, 0.29) is 24.8 Å². The van der Waals surface area contributed by atoms with Crippen LogP contribution in [-0.4, -0.2) is 51.9 Å². The van der Waals surface area contributed by atoms with Gasteiger partial charge in [0.2, 0.25) is 17.0 Å². The Bertz CT molecular complexity index is 1140. The number of halogens is 1. The van der Waals surface area contributed by atoms with E-state index in [4.69, 9.17) is 16.3 Å². The highest BCUT2D eigenvalue weighted by molar-refractivity contribution is 7.98. The van der Waals surface area contributed by atoms with E-state index in [1.54, 1.807) is 41.1 Å². The summed E-state index contributed by atoms with van der Waals surface area (Å²) in [6, 6.07) is 12.3. The number of carbonyl (C=O) groups is 2. The topological polar surface area (TPSA) is 102 Å². The van der Waals surface area contributed by atoms with Gasteiger partial charge in [0.1, 0.15) is 5.75 Å². The first-order valence-corrected chi connectivity index (χ1v) is 11.0. The summed E-state index contributed by atoms with van der Waals surface area (Å²) in [6.45, 7) is 0.241. The van der Waals surface area contributed by atoms with Gasteiger partial charge in [-0.05, 0) is 53.1 Å². The SMILES string of the molecule is COc1ccc(Cl)cc1N1CC(C(=O)Nc2cccc(-n3nnnc3SC)c2)CC1=O. The van der Waals surface area contributed by atoms with Crippen molar-refractivity contribution in [3.05, 3.63) is 47.5 Å². The van der Waals surface area contributed by atoms with Crippen LogP contribution in [0.5, 0.6) is 5.75 Å². The molecular formula is C20H19ClN6O3S. The number of nitrogens with zero attached hydrogens (tertiary/aromatic N) is 5. The Balaban J connectivity index is 1.50. The largest absolute Gasteiger partial charge is 0.495 e. The molecule has 2 aromatic carbocycles. The van der Waals surface area contributed by atoms with Gasteiger partial charge >= 0.3 is 0 Å². The monoisotopic (exact) mass is 458 g/mol. The number of aromatic nitrogens is 4. The molecule has 9 nitrogen and oxygen atoms in total. The fourth-order valence-corrected chi connectivity index (χ4v) is 4.02. The first-order valence-electron chi connectivity index (χ1n) is 9.37. The molecule has 160 valence electrons. The fourth-order valence-electron chi connectivity index (χ4n) is 3.42. The number of thioether (sulfide) groups is 1. The third kappa shape index (κ3) is 4.35. The minimum atomic E-state index is -0.505. The number of methoxy groups -OCH3 is 1. The highest BCUT2D eigenvalue weighted by Crippen LogP contribution is 2.35. The van der Waals surface area contributed by atoms with Crippen LogP contribution in [0.25, 0.3) is 5.69 Å². The Labute approximate surface area is 187 Å². The van der Waals surface area contributed by atoms with Crippen molar-refractivity contribution in [3.63, 3.8) is 0 Å². The molecule has 0 saturated carbocycles. The molecule has 1 fully saturated rings. The fraction of sp³-hybridized carbons (Fsp3) is 0.250. The van der Waals surface area contributed by atoms with Crippen molar-refractivity contribution < 1.29 is 14.3 Å². The third-order valence-corrected chi connectivity index (χ3v) is 5.76. The zero-order chi connectivity index (χ0) is 22.0. The molecule has 1 aliphatic heterocycles. The normalized spacial score (nSPS) is 15.9. The standard InChI is InChI=1S/C20H19ClN6O3S/c1-30-17-7-6-13(21)9-16(17)26-11-12(8-18(26)28)19(29)22-14-4-3-5-15(10-14)27-20(31-2)23-24-25-27/h3-7,9-10,12H,8,11H2,1-2H3,(H,22,29). The van der Waals surface area contributed by atoms with Crippen molar-refractivity contribution in [2.24, 2.45) is 5.92 Å². The lowest BCUT2D eigenvalue weighted by molar-refractivity contribution is -0.122. The Kier molecular flexibility index (Phi) is 6.10. The molecule has 1 N–H and O–H groups in total. The number of nitrogens with one attached hydrogen (secondary N) is 1. The Hall–Kier alpha value is -3.11. The Morgan fingerprint density at radius 3 is 2.90 bits per heavy atom. The highest BCUT2D eigenvalue weighted by Gasteiger charge is 2.36. The molecule has 1 atom stereocenters. The van der Waals surface area contributed by atoms with Gasteiger partial charge in [0.25, 0.3) is 0 Å². The van der Waals surface area contributed by atoms with E-state index in [0.29, 0.717) is 27.3 Å². The molecule has 0 aliphatic carbocycles. The minimum absolute atomic E-state index is 0.102. The first-order chi connectivity index (χ1) is 15.0. The predicted molar refractivity (Wildman–Crippen MR) is 118 cm³/mol. The summed E-state index contributed by atoms with van der Waals surface area (Å²) in [4.78, 5) is 27.0. The lowest BCUT2D eigenvalue weighted by Gasteiger charge is -2.20. The first kappa shape index (κ1) is 21.1. The number of hydrogen-bond donors (Lipinski definition) is 1. The van der Waals surface area contributed by atoms with Gasteiger partial charge in [-0.3, -0.25) is 9.59 Å². The maximum Gasteiger partial charge on any atom is 0.229 e. The van der Waals surface area contributed by atoms with Gasteiger partial charge in [0.05, 0.1) is 24.4 Å². The second kappa shape index (κ2) is 8.94. The van der Waals surface area contributed by atoms with Gasteiger partial charge in [-0.2, -0.15) is 4.68 Å². The lowest BCUT2D eigenvalue weighted by atomic mass is 10.1. The van der Waals surface area contributed by atoms with Gasteiger partial charge in [0.15, 0.2) is 0 Å². The van der Waals surface area contributed by atoms with Crippen LogP contribution in [0.4, 0.5) is 11.4 Å². The molecule has 1 aliphatic rings. The van der Waals surface area contributed by atoms with Crippen LogP contribution in [0, 0.1) is 5.92 Å². The molecule has 0 bridgehead atoms. The van der Waals surface area contributed by atoms with E-state index in [1.165, 1.54) is 23.8 Å². The van der Waals surface area contributed by atoms with E-state index in [9.17, 15) is 9.59 Å². The lowest BCUT2D eigenvalue weighted by Crippen LogP contribution is -2.28. The molecule has 2 amide bonds. The Morgan fingerprint density at radius 1 is 1.29 bits per heavy atom. The van der Waals surface area contributed by atoms with Gasteiger partial charge in [0, 0.05) is 23.7 Å². The van der Waals surface area contributed by atoms with E-state index < -0.39 is 5.92 Å². The van der Waals surface area contributed by atoms with Crippen molar-refractivity contribution in [2.75, 3.05) is 30.1 Å². The van der Waals surface area contributed by atoms with Crippen LogP contribution >= 0.6 is 23.4 Å². The highest BCUT2D eigenvalue weighted by atomic mass is 35.5. The number of carbonyl (C=O) groups excluding carboxylic acids is 2. The van der Waals surface area contributed by atoms with Crippen LogP contribution in [-0.2, 0) is 9.59 Å². The van der Waals surface area contributed by atoms with Crippen LogP contribution < -0.4 is 15.0 Å². The molecule has 3 aromatic rings. The quantitative estimate of drug-likeness (QED) is 0.566. The summed E-state index contributed by atoms with van der Waals surface area (Å²) in [6.07, 6.45) is 1.98. The van der Waals surface area contributed by atoms with Crippen LogP contribution in [0.15, 0.2) is 47.6 Å². The number of rotatable bonds is 6. The molecule has 31 heavy (non-hydrogen) atoms. The molecule has 1 saturated heterocycles. The average Bonchev–Trinajstić information content (AvgIpc) is 3.40. The number of ether oxygens (including phenoxy) is 1. The summed E-state index contributed by atoms with van der Waals surface area (Å²) in [5, 5.41) is 15.6. The zero-order valence-electron chi connectivity index (χ0n) is 16.8. The number of tetrazole rings is 1. The van der Waals surface area contributed by atoms with Crippen LogP contribution in [0.3, 0.4) is 0 Å². The molecule has 0 radical (unpaired) electrons. The molecule has 1 aromatic heterocycles. The molecule has 4 rings (SSSR count). The van der Waals surface area contributed by atoms with Crippen LogP contribution in [0.2, 0.25) is 5.02 Å². The Morgan fingerprint density at radius 2 is 2.13 bits per heavy atom. The van der Waals surface area contributed by atoms with Gasteiger partial charge in [-0.1, -0.05) is 29.4 Å². The zero-order valence-corrected chi connectivity index (χ0v) is 18.4. The van der Waals surface area contributed by atoms with Crippen molar-refractivity contribution in [1.82, 2.24) is 20.2 Å². The predicted octanol–water partition coefficient (Wildman–Crippen LogP) is 3.04. The molecule has 2 heterocycles. The maximum atomic E-state index is 12.9. The molecule has 0 spiro atoms. The van der Waals surface area contributed by atoms with Gasteiger partial charge in [-0.15, -0.1) is 5.10 Å². The average molecular weight is 459 g/mol. The van der Waals surface area contributed by atoms with Gasteiger partial charge in [-0.25, -0.2) is 0 Å². The summed E-state index contributed by atoms with van der Waals surface area (Å²) < 4.78 is 6.94. The number of benzene rings is 2. The summed E-state index contributed by atoms with van der Waals surface area (Å²) in [5.74, 6) is -0.379. The summed E-state index contributed by atoms with van der Waals surface area (Å²) >= 11 is 7.51. The van der Waals surface area contributed by atoms with Gasteiger partial charge < -0.3 is 15.0 Å². The summed E-state index contributed by atoms with van der Waals surface area (Å²) in [5.41, 5.74) is 1.87. The maximum absolute atomic E-state index is 12.9. The minimum Gasteiger partial charge on any atom is -0.495 e. The molecule has 1 unspecified atom stereocenters. The van der Waals surface area contributed by atoms with E-state index in [2.05, 4.69) is 20.8 Å². The van der Waals surface area contributed by atoms with Crippen molar-refractivity contribution >= 4 is 46.6 Å². The van der Waals surface area contributed by atoms with E-state index >= 15 is 0 Å². The van der Waals surface area contributed by atoms with E-state index in [1.807, 2.05) is 12.3 Å². The van der Waals surface area contributed by atoms with Crippen molar-refractivity contribution in [1.29, 1.82) is 0 Å². The number of hydrogen-bond acceptors (Lipinski definition) is 7.